The van der Waals surface area contributed by atoms with Crippen LogP contribution in [-0.4, -0.2) is 22.5 Å². The summed E-state index contributed by atoms with van der Waals surface area (Å²) in [4.78, 5) is 35.5. The Bertz CT molecular complexity index is 1160. The summed E-state index contributed by atoms with van der Waals surface area (Å²) >= 11 is 1.06. The van der Waals surface area contributed by atoms with Crippen LogP contribution in [0.3, 0.4) is 0 Å². The van der Waals surface area contributed by atoms with Gasteiger partial charge in [-0.2, -0.15) is 5.26 Å². The molecule has 0 unspecified atom stereocenters. The van der Waals surface area contributed by atoms with Crippen LogP contribution < -0.4 is 10.6 Å². The molecule has 2 amide bonds. The fraction of sp³-hybridized carbons (Fsp3) is 0.261. The van der Waals surface area contributed by atoms with Crippen molar-refractivity contribution in [3.05, 3.63) is 79.4 Å². The van der Waals surface area contributed by atoms with E-state index in [-0.39, 0.29) is 35.2 Å². The van der Waals surface area contributed by atoms with Crippen LogP contribution in [0.15, 0.2) is 47.0 Å². The number of nitrogens with zero attached hydrogens (tertiary/aromatic N) is 2. The molecule has 0 spiro atoms. The molecule has 0 fully saturated rings. The van der Waals surface area contributed by atoms with Gasteiger partial charge in [-0.15, -0.1) is 0 Å². The number of rotatable bonds is 6. The molecule has 0 saturated heterocycles. The van der Waals surface area contributed by atoms with Gasteiger partial charge in [-0.05, 0) is 37.5 Å². The molecule has 2 N–H and O–H groups in total. The fourth-order valence-electron chi connectivity index (χ4n) is 3.76. The van der Waals surface area contributed by atoms with Gasteiger partial charge in [0, 0.05) is 30.2 Å². The number of amides is 2. The zero-order valence-electron chi connectivity index (χ0n) is 17.9. The number of allylic oxidation sites excluding steroid dienone is 1. The fourth-order valence-corrected chi connectivity index (χ4v) is 4.64. The van der Waals surface area contributed by atoms with Crippen molar-refractivity contribution in [2.24, 2.45) is 0 Å². The highest BCUT2D eigenvalue weighted by Gasteiger charge is 2.30. The number of carbonyl (C=O) groups excluding carboxylic acids is 2. The minimum atomic E-state index is -0.610. The first kappa shape index (κ1) is 23.0. The van der Waals surface area contributed by atoms with Gasteiger partial charge in [0.2, 0.25) is 11.8 Å². The number of nitrogens with one attached hydrogen (secondary N) is 2. The van der Waals surface area contributed by atoms with E-state index in [4.69, 9.17) is 0 Å². The first-order valence-corrected chi connectivity index (χ1v) is 10.9. The van der Waals surface area contributed by atoms with Crippen molar-refractivity contribution < 1.29 is 14.5 Å². The molecule has 1 aliphatic rings. The molecular weight excluding hydrogens is 428 g/mol. The largest absolute Gasteiger partial charge is 0.325 e. The molecule has 8 nitrogen and oxygen atoms in total. The Morgan fingerprint density at radius 1 is 1.28 bits per heavy atom. The van der Waals surface area contributed by atoms with Gasteiger partial charge in [-0.1, -0.05) is 41.6 Å². The zero-order valence-corrected chi connectivity index (χ0v) is 18.7. The molecule has 164 valence electrons. The Balaban J connectivity index is 1.81. The summed E-state index contributed by atoms with van der Waals surface area (Å²) in [5.74, 6) is -1.19. The van der Waals surface area contributed by atoms with E-state index in [2.05, 4.69) is 16.7 Å². The van der Waals surface area contributed by atoms with E-state index in [9.17, 15) is 25.0 Å². The minimum Gasteiger partial charge on any atom is -0.325 e. The lowest BCUT2D eigenvalue weighted by Gasteiger charge is -2.25. The molecule has 2 aromatic carbocycles. The number of non-ortho nitro benzene ring substituents is 1. The summed E-state index contributed by atoms with van der Waals surface area (Å²) in [5, 5.41) is 26.7. The lowest BCUT2D eigenvalue weighted by molar-refractivity contribution is -0.384. The molecule has 2 aromatic rings. The van der Waals surface area contributed by atoms with Crippen LogP contribution in [0.5, 0.6) is 0 Å². The molecule has 0 aliphatic carbocycles. The van der Waals surface area contributed by atoms with Gasteiger partial charge in [-0.25, -0.2) is 0 Å². The summed E-state index contributed by atoms with van der Waals surface area (Å²) in [6, 6.07) is 12.0. The molecule has 0 radical (unpaired) electrons. The van der Waals surface area contributed by atoms with Crippen LogP contribution in [0.4, 0.5) is 11.4 Å². The molecule has 3 rings (SSSR count). The van der Waals surface area contributed by atoms with Gasteiger partial charge in [0.1, 0.15) is 0 Å². The molecule has 0 aromatic heterocycles. The third kappa shape index (κ3) is 5.15. The molecule has 9 heteroatoms. The lowest BCUT2D eigenvalue weighted by Crippen LogP contribution is -2.31. The number of carbonyl (C=O) groups is 2. The smallest absolute Gasteiger partial charge is 0.269 e. The zero-order chi connectivity index (χ0) is 23.4. The number of benzene rings is 2. The average molecular weight is 451 g/mol. The lowest BCUT2D eigenvalue weighted by atomic mass is 9.87. The number of thioether (sulfide) groups is 1. The first-order chi connectivity index (χ1) is 15.2. The number of hydrogen-bond donors (Lipinski definition) is 2. The number of aryl methyl sites for hydroxylation is 3. The summed E-state index contributed by atoms with van der Waals surface area (Å²) in [6.45, 7) is 5.83. The number of anilines is 1. The van der Waals surface area contributed by atoms with Crippen molar-refractivity contribution in [2.45, 2.75) is 33.1 Å². The normalized spacial score (nSPS) is 15.7. The van der Waals surface area contributed by atoms with Gasteiger partial charge in [0.05, 0.1) is 27.3 Å². The van der Waals surface area contributed by atoms with Crippen molar-refractivity contribution in [3.63, 3.8) is 0 Å². The SMILES string of the molecule is Cc1cc(C)c(NC(=O)CSC2=C(C#N)[C@H](c3cccc([N+](=O)[O-])c3)CC(=O)N2)c(C)c1. The Hall–Kier alpha value is -3.64. The average Bonchev–Trinajstić information content (AvgIpc) is 2.74. The van der Waals surface area contributed by atoms with E-state index in [1.165, 1.54) is 18.2 Å². The standard InChI is InChI=1S/C23H22N4O4S/c1-13-7-14(2)22(15(3)8-13)25-21(29)12-32-23-19(11-24)18(10-20(28)26-23)16-5-4-6-17(9-16)27(30)31/h4-9,18H,10,12H2,1-3H3,(H,25,29)(H,26,28)/t18-/m0/s1. The Kier molecular flexibility index (Phi) is 6.95. The predicted octanol–water partition coefficient (Wildman–Crippen LogP) is 4.23. The van der Waals surface area contributed by atoms with Crippen molar-refractivity contribution in [2.75, 3.05) is 11.1 Å². The van der Waals surface area contributed by atoms with Crippen LogP contribution in [0.1, 0.15) is 34.6 Å². The van der Waals surface area contributed by atoms with Gasteiger partial charge in [0.15, 0.2) is 0 Å². The Morgan fingerprint density at radius 2 is 1.97 bits per heavy atom. The summed E-state index contributed by atoms with van der Waals surface area (Å²) in [6.07, 6.45) is 0.00206. The highest BCUT2D eigenvalue weighted by atomic mass is 32.2. The van der Waals surface area contributed by atoms with E-state index in [0.717, 1.165) is 34.1 Å². The van der Waals surface area contributed by atoms with E-state index < -0.39 is 10.8 Å². The highest BCUT2D eigenvalue weighted by Crippen LogP contribution is 2.37. The topological polar surface area (TPSA) is 125 Å². The van der Waals surface area contributed by atoms with Gasteiger partial charge < -0.3 is 10.6 Å². The van der Waals surface area contributed by atoms with Crippen molar-refractivity contribution in [1.29, 1.82) is 5.26 Å². The van der Waals surface area contributed by atoms with Crippen molar-refractivity contribution in [3.8, 4) is 6.07 Å². The maximum atomic E-state index is 12.6. The summed E-state index contributed by atoms with van der Waals surface area (Å²) in [7, 11) is 0. The Morgan fingerprint density at radius 3 is 2.59 bits per heavy atom. The summed E-state index contributed by atoms with van der Waals surface area (Å²) in [5.41, 5.74) is 4.45. The number of hydrogen-bond acceptors (Lipinski definition) is 6. The van der Waals surface area contributed by atoms with Gasteiger partial charge in [-0.3, -0.25) is 19.7 Å². The van der Waals surface area contributed by atoms with Crippen LogP contribution in [0.2, 0.25) is 0 Å². The summed E-state index contributed by atoms with van der Waals surface area (Å²) < 4.78 is 0. The molecule has 1 aliphatic heterocycles. The van der Waals surface area contributed by atoms with Gasteiger partial charge >= 0.3 is 0 Å². The molecule has 0 saturated carbocycles. The van der Waals surface area contributed by atoms with E-state index >= 15 is 0 Å². The number of nitriles is 1. The van der Waals surface area contributed by atoms with Crippen LogP contribution in [0, 0.1) is 42.2 Å². The molecule has 1 heterocycles. The first-order valence-electron chi connectivity index (χ1n) is 9.88. The third-order valence-electron chi connectivity index (χ3n) is 5.13. The van der Waals surface area contributed by atoms with Crippen molar-refractivity contribution >= 4 is 35.0 Å². The second-order valence-corrected chi connectivity index (χ2v) is 8.61. The molecule has 1 atom stereocenters. The Labute approximate surface area is 189 Å². The van der Waals surface area contributed by atoms with Crippen LogP contribution in [-0.2, 0) is 9.59 Å². The van der Waals surface area contributed by atoms with E-state index in [1.54, 1.807) is 6.07 Å². The monoisotopic (exact) mass is 450 g/mol. The molecule has 32 heavy (non-hydrogen) atoms. The predicted molar refractivity (Wildman–Crippen MR) is 123 cm³/mol. The maximum absolute atomic E-state index is 12.6. The highest BCUT2D eigenvalue weighted by molar-refractivity contribution is 8.03. The number of nitro benzene ring substituents is 1. The minimum absolute atomic E-state index is 0.00206. The van der Waals surface area contributed by atoms with Crippen molar-refractivity contribution in [1.82, 2.24) is 5.32 Å². The third-order valence-corrected chi connectivity index (χ3v) is 6.15. The molecule has 0 bridgehead atoms. The van der Waals surface area contributed by atoms with E-state index in [0.29, 0.717) is 10.6 Å². The number of nitro groups is 1. The van der Waals surface area contributed by atoms with Crippen LogP contribution in [0.25, 0.3) is 0 Å². The second-order valence-electron chi connectivity index (χ2n) is 7.62. The van der Waals surface area contributed by atoms with Gasteiger partial charge in [0.25, 0.3) is 5.69 Å². The maximum Gasteiger partial charge on any atom is 0.269 e. The van der Waals surface area contributed by atoms with Crippen LogP contribution >= 0.6 is 11.8 Å². The second kappa shape index (κ2) is 9.66. The van der Waals surface area contributed by atoms with E-state index in [1.807, 2.05) is 32.9 Å². The molecular formula is C23H22N4O4S. The quantitative estimate of drug-likeness (QED) is 0.501.